The van der Waals surface area contributed by atoms with Gasteiger partial charge < -0.3 is 15.8 Å². The Balaban J connectivity index is 2.55. The normalized spacial score (nSPS) is 10.1. The van der Waals surface area contributed by atoms with E-state index in [0.717, 1.165) is 6.42 Å². The molecule has 3 N–H and O–H groups in total. The highest BCUT2D eigenvalue weighted by Gasteiger charge is 2.09. The summed E-state index contributed by atoms with van der Waals surface area (Å²) in [7, 11) is 1.63. The Hall–Kier alpha value is -1.62. The lowest BCUT2D eigenvalue weighted by molar-refractivity contribution is 0.0947. The van der Waals surface area contributed by atoms with Crippen LogP contribution in [0.25, 0.3) is 0 Å². The van der Waals surface area contributed by atoms with Crippen molar-refractivity contribution >= 4 is 11.6 Å². The Labute approximate surface area is 95.0 Å². The number of aromatic nitrogens is 1. The Kier molecular flexibility index (Phi) is 4.72. The number of methoxy groups -OCH3 is 1. The van der Waals surface area contributed by atoms with Gasteiger partial charge in [0.25, 0.3) is 5.91 Å². The molecule has 1 aromatic rings. The van der Waals surface area contributed by atoms with Gasteiger partial charge in [0.15, 0.2) is 0 Å². The third-order valence-corrected chi connectivity index (χ3v) is 2.16. The molecular weight excluding hydrogens is 206 g/mol. The molecule has 5 nitrogen and oxygen atoms in total. The summed E-state index contributed by atoms with van der Waals surface area (Å²) < 4.78 is 4.89. The summed E-state index contributed by atoms with van der Waals surface area (Å²) in [5.74, 6) is -0.145. The topological polar surface area (TPSA) is 77.2 Å². The third-order valence-electron chi connectivity index (χ3n) is 2.16. The number of pyridine rings is 1. The molecular formula is C11H17N3O2. The second-order valence-electron chi connectivity index (χ2n) is 3.50. The minimum Gasteiger partial charge on any atom is -0.397 e. The van der Waals surface area contributed by atoms with Crippen molar-refractivity contribution in [1.82, 2.24) is 10.3 Å². The second kappa shape index (κ2) is 6.07. The summed E-state index contributed by atoms with van der Waals surface area (Å²) in [6.07, 6.45) is 2.33. The molecule has 0 bridgehead atoms. The predicted molar refractivity (Wildman–Crippen MR) is 62.2 cm³/mol. The van der Waals surface area contributed by atoms with E-state index in [2.05, 4.69) is 10.3 Å². The van der Waals surface area contributed by atoms with E-state index in [0.29, 0.717) is 30.1 Å². The molecule has 0 aromatic carbocycles. The van der Waals surface area contributed by atoms with Crippen LogP contribution in [0.5, 0.6) is 0 Å². The highest BCUT2D eigenvalue weighted by molar-refractivity contribution is 5.95. The lowest BCUT2D eigenvalue weighted by Gasteiger charge is -2.07. The van der Waals surface area contributed by atoms with E-state index in [4.69, 9.17) is 10.5 Å². The van der Waals surface area contributed by atoms with Crippen LogP contribution in [0.4, 0.5) is 5.69 Å². The minimum atomic E-state index is -0.145. The number of nitrogen functional groups attached to an aromatic ring is 1. The predicted octanol–water partition coefficient (Wildman–Crippen LogP) is 0.739. The van der Waals surface area contributed by atoms with Crippen LogP contribution in [0.15, 0.2) is 12.3 Å². The average Bonchev–Trinajstić information content (AvgIpc) is 2.27. The maximum Gasteiger partial charge on any atom is 0.253 e. The summed E-state index contributed by atoms with van der Waals surface area (Å²) in [5.41, 5.74) is 7.28. The van der Waals surface area contributed by atoms with Gasteiger partial charge in [-0.3, -0.25) is 9.78 Å². The minimum absolute atomic E-state index is 0.145. The maximum atomic E-state index is 11.7. The molecule has 0 saturated heterocycles. The maximum absolute atomic E-state index is 11.7. The zero-order valence-corrected chi connectivity index (χ0v) is 9.62. The highest BCUT2D eigenvalue weighted by Crippen LogP contribution is 2.08. The van der Waals surface area contributed by atoms with Crippen molar-refractivity contribution < 1.29 is 9.53 Å². The zero-order valence-electron chi connectivity index (χ0n) is 9.62. The first-order chi connectivity index (χ1) is 7.65. The molecule has 0 saturated carbocycles. The van der Waals surface area contributed by atoms with Gasteiger partial charge in [0.1, 0.15) is 0 Å². The average molecular weight is 223 g/mol. The van der Waals surface area contributed by atoms with Crippen molar-refractivity contribution in [1.29, 1.82) is 0 Å². The fourth-order valence-corrected chi connectivity index (χ4v) is 1.29. The Morgan fingerprint density at radius 2 is 2.38 bits per heavy atom. The van der Waals surface area contributed by atoms with Crippen molar-refractivity contribution in [3.8, 4) is 0 Å². The van der Waals surface area contributed by atoms with Crippen LogP contribution < -0.4 is 11.1 Å². The number of carbonyl (C=O) groups excluding carboxylic acids is 1. The van der Waals surface area contributed by atoms with Crippen molar-refractivity contribution in [2.45, 2.75) is 13.3 Å². The number of amides is 1. The molecule has 0 atom stereocenters. The molecule has 0 aliphatic rings. The van der Waals surface area contributed by atoms with E-state index in [1.807, 2.05) is 0 Å². The number of nitrogens with zero attached hydrogens (tertiary/aromatic N) is 1. The van der Waals surface area contributed by atoms with Gasteiger partial charge in [-0.05, 0) is 19.4 Å². The molecule has 16 heavy (non-hydrogen) atoms. The lowest BCUT2D eigenvalue weighted by Crippen LogP contribution is -2.26. The Morgan fingerprint density at radius 1 is 1.62 bits per heavy atom. The smallest absolute Gasteiger partial charge is 0.253 e. The standard InChI is InChI=1S/C11H17N3O2/c1-8-10(6-9(12)7-14-8)11(15)13-4-3-5-16-2/h6-7H,3-5,12H2,1-2H3,(H,13,15). The van der Waals surface area contributed by atoms with E-state index < -0.39 is 0 Å². The number of ether oxygens (including phenoxy) is 1. The van der Waals surface area contributed by atoms with Gasteiger partial charge in [-0.1, -0.05) is 0 Å². The Morgan fingerprint density at radius 3 is 3.06 bits per heavy atom. The molecule has 0 aliphatic heterocycles. The van der Waals surface area contributed by atoms with Crippen LogP contribution in [0.1, 0.15) is 22.5 Å². The molecule has 0 spiro atoms. The molecule has 1 rings (SSSR count). The first-order valence-electron chi connectivity index (χ1n) is 5.14. The van der Waals surface area contributed by atoms with E-state index >= 15 is 0 Å². The first kappa shape index (κ1) is 12.4. The number of anilines is 1. The van der Waals surface area contributed by atoms with E-state index in [1.165, 1.54) is 6.20 Å². The SMILES string of the molecule is COCCCNC(=O)c1cc(N)cnc1C. The quantitative estimate of drug-likeness (QED) is 0.722. The van der Waals surface area contributed by atoms with Gasteiger partial charge in [-0.15, -0.1) is 0 Å². The fourth-order valence-electron chi connectivity index (χ4n) is 1.29. The van der Waals surface area contributed by atoms with Crippen LogP contribution in [0.3, 0.4) is 0 Å². The molecule has 0 radical (unpaired) electrons. The first-order valence-corrected chi connectivity index (χ1v) is 5.14. The number of nitrogens with one attached hydrogen (secondary N) is 1. The van der Waals surface area contributed by atoms with E-state index in [1.54, 1.807) is 20.1 Å². The monoisotopic (exact) mass is 223 g/mol. The largest absolute Gasteiger partial charge is 0.397 e. The summed E-state index contributed by atoms with van der Waals surface area (Å²) in [5, 5.41) is 2.79. The van der Waals surface area contributed by atoms with Gasteiger partial charge in [0.05, 0.1) is 23.1 Å². The van der Waals surface area contributed by atoms with Gasteiger partial charge in [-0.25, -0.2) is 0 Å². The molecule has 1 heterocycles. The second-order valence-corrected chi connectivity index (χ2v) is 3.50. The lowest BCUT2D eigenvalue weighted by atomic mass is 10.2. The van der Waals surface area contributed by atoms with Crippen molar-refractivity contribution in [3.05, 3.63) is 23.5 Å². The van der Waals surface area contributed by atoms with Gasteiger partial charge >= 0.3 is 0 Å². The molecule has 88 valence electrons. The summed E-state index contributed by atoms with van der Waals surface area (Å²) in [6.45, 7) is 3.00. The van der Waals surface area contributed by atoms with Crippen molar-refractivity contribution in [2.24, 2.45) is 0 Å². The Bertz CT molecular complexity index is 366. The molecule has 0 fully saturated rings. The number of hydrogen-bond donors (Lipinski definition) is 2. The summed E-state index contributed by atoms with van der Waals surface area (Å²) in [6, 6.07) is 1.63. The van der Waals surface area contributed by atoms with Crippen molar-refractivity contribution in [3.63, 3.8) is 0 Å². The zero-order chi connectivity index (χ0) is 12.0. The van der Waals surface area contributed by atoms with E-state index in [-0.39, 0.29) is 5.91 Å². The number of aryl methyl sites for hydroxylation is 1. The number of nitrogens with two attached hydrogens (primary N) is 1. The van der Waals surface area contributed by atoms with Gasteiger partial charge in [0.2, 0.25) is 0 Å². The summed E-state index contributed by atoms with van der Waals surface area (Å²) in [4.78, 5) is 15.8. The van der Waals surface area contributed by atoms with Crippen LogP contribution >= 0.6 is 0 Å². The molecule has 0 unspecified atom stereocenters. The van der Waals surface area contributed by atoms with Crippen LogP contribution in [0, 0.1) is 6.92 Å². The van der Waals surface area contributed by atoms with Crippen LogP contribution in [-0.4, -0.2) is 31.2 Å². The summed E-state index contributed by atoms with van der Waals surface area (Å²) >= 11 is 0. The van der Waals surface area contributed by atoms with Crippen LogP contribution in [-0.2, 0) is 4.74 Å². The number of hydrogen-bond acceptors (Lipinski definition) is 4. The molecule has 5 heteroatoms. The fraction of sp³-hybridized carbons (Fsp3) is 0.455. The highest BCUT2D eigenvalue weighted by atomic mass is 16.5. The van der Waals surface area contributed by atoms with Crippen LogP contribution in [0.2, 0.25) is 0 Å². The molecule has 0 aliphatic carbocycles. The molecule has 1 aromatic heterocycles. The van der Waals surface area contributed by atoms with Gasteiger partial charge in [-0.2, -0.15) is 0 Å². The number of carbonyl (C=O) groups is 1. The molecule has 1 amide bonds. The van der Waals surface area contributed by atoms with Gasteiger partial charge in [0, 0.05) is 20.3 Å². The van der Waals surface area contributed by atoms with Crippen molar-refractivity contribution in [2.75, 3.05) is 26.0 Å². The number of rotatable bonds is 5. The van der Waals surface area contributed by atoms with E-state index in [9.17, 15) is 4.79 Å². The third kappa shape index (κ3) is 3.51.